The van der Waals surface area contributed by atoms with Gasteiger partial charge in [-0.1, -0.05) is 6.92 Å². The fourth-order valence-corrected chi connectivity index (χ4v) is 1.28. The first-order chi connectivity index (χ1) is 6.90. The second-order valence-electron chi connectivity index (χ2n) is 3.12. The Labute approximate surface area is 87.5 Å². The van der Waals surface area contributed by atoms with E-state index in [2.05, 4.69) is 0 Å². The van der Waals surface area contributed by atoms with Gasteiger partial charge in [-0.05, 0) is 6.42 Å². The van der Waals surface area contributed by atoms with Gasteiger partial charge < -0.3 is 15.1 Å². The highest BCUT2D eigenvalue weighted by atomic mass is 16.4. The van der Waals surface area contributed by atoms with Gasteiger partial charge in [0, 0.05) is 13.5 Å². The average molecular weight is 217 g/mol. The molecule has 0 aromatic carbocycles. The lowest BCUT2D eigenvalue weighted by atomic mass is 10.2. The van der Waals surface area contributed by atoms with Crippen molar-refractivity contribution in [2.24, 2.45) is 0 Å². The van der Waals surface area contributed by atoms with E-state index < -0.39 is 23.9 Å². The molecule has 1 amide bonds. The topological polar surface area (TPSA) is 94.9 Å². The summed E-state index contributed by atoms with van der Waals surface area (Å²) in [5, 5.41) is 17.3. The highest BCUT2D eigenvalue weighted by Crippen LogP contribution is 2.06. The minimum Gasteiger partial charge on any atom is -0.481 e. The van der Waals surface area contributed by atoms with Crippen LogP contribution < -0.4 is 0 Å². The molecule has 6 nitrogen and oxygen atoms in total. The number of carboxylic acids is 2. The second kappa shape index (κ2) is 6.00. The standard InChI is InChI=1S/C9H15NO5/c1-3-7(9(14)15)10(6(2)11)5-4-8(12)13/h7H,3-5H2,1-2H3,(H,12,13)(H,14,15). The lowest BCUT2D eigenvalue weighted by molar-refractivity contribution is -0.150. The number of amides is 1. The maximum absolute atomic E-state index is 11.1. The van der Waals surface area contributed by atoms with Crippen LogP contribution in [0.4, 0.5) is 0 Å². The van der Waals surface area contributed by atoms with Gasteiger partial charge in [0.1, 0.15) is 6.04 Å². The number of aliphatic carboxylic acids is 2. The number of carboxylic acid groups (broad SMARTS) is 2. The van der Waals surface area contributed by atoms with Crippen LogP contribution in [0.2, 0.25) is 0 Å². The molecule has 15 heavy (non-hydrogen) atoms. The van der Waals surface area contributed by atoms with E-state index in [4.69, 9.17) is 10.2 Å². The molecule has 0 aliphatic carbocycles. The lowest BCUT2D eigenvalue weighted by Crippen LogP contribution is -2.44. The number of carbonyl (C=O) groups excluding carboxylic acids is 1. The maximum atomic E-state index is 11.1. The maximum Gasteiger partial charge on any atom is 0.326 e. The molecule has 86 valence electrons. The fourth-order valence-electron chi connectivity index (χ4n) is 1.28. The quantitative estimate of drug-likeness (QED) is 0.661. The molecule has 0 heterocycles. The molecule has 0 bridgehead atoms. The van der Waals surface area contributed by atoms with Crippen LogP contribution in [-0.4, -0.2) is 45.5 Å². The first-order valence-electron chi connectivity index (χ1n) is 4.62. The molecule has 0 aliphatic rings. The predicted molar refractivity (Wildman–Crippen MR) is 51.4 cm³/mol. The van der Waals surface area contributed by atoms with E-state index in [1.807, 2.05) is 0 Å². The van der Waals surface area contributed by atoms with Crippen molar-refractivity contribution in [1.29, 1.82) is 0 Å². The largest absolute Gasteiger partial charge is 0.481 e. The first kappa shape index (κ1) is 13.4. The summed E-state index contributed by atoms with van der Waals surface area (Å²) in [6.07, 6.45) is 0.0118. The minimum absolute atomic E-state index is 0.0739. The van der Waals surface area contributed by atoms with E-state index in [1.54, 1.807) is 6.92 Å². The Morgan fingerprint density at radius 1 is 1.27 bits per heavy atom. The van der Waals surface area contributed by atoms with E-state index >= 15 is 0 Å². The van der Waals surface area contributed by atoms with E-state index in [-0.39, 0.29) is 19.4 Å². The first-order valence-corrected chi connectivity index (χ1v) is 4.62. The zero-order valence-corrected chi connectivity index (χ0v) is 8.77. The van der Waals surface area contributed by atoms with Gasteiger partial charge in [-0.15, -0.1) is 0 Å². The van der Waals surface area contributed by atoms with Gasteiger partial charge in [-0.2, -0.15) is 0 Å². The Morgan fingerprint density at radius 2 is 1.80 bits per heavy atom. The summed E-state index contributed by atoms with van der Waals surface area (Å²) >= 11 is 0. The van der Waals surface area contributed by atoms with Crippen LogP contribution in [0.25, 0.3) is 0 Å². The molecule has 0 spiro atoms. The number of nitrogens with zero attached hydrogens (tertiary/aromatic N) is 1. The number of rotatable bonds is 6. The number of hydrogen-bond donors (Lipinski definition) is 2. The van der Waals surface area contributed by atoms with Gasteiger partial charge in [-0.25, -0.2) is 4.79 Å². The Hall–Kier alpha value is -1.59. The van der Waals surface area contributed by atoms with Crippen LogP contribution in [0.15, 0.2) is 0 Å². The highest BCUT2D eigenvalue weighted by Gasteiger charge is 2.25. The van der Waals surface area contributed by atoms with Crippen molar-refractivity contribution in [2.45, 2.75) is 32.7 Å². The van der Waals surface area contributed by atoms with Crippen LogP contribution in [0, 0.1) is 0 Å². The number of hydrogen-bond acceptors (Lipinski definition) is 3. The van der Waals surface area contributed by atoms with Crippen LogP contribution in [0.3, 0.4) is 0 Å². The Kier molecular flexibility index (Phi) is 5.36. The lowest BCUT2D eigenvalue weighted by Gasteiger charge is -2.26. The van der Waals surface area contributed by atoms with Crippen molar-refractivity contribution in [3.8, 4) is 0 Å². The van der Waals surface area contributed by atoms with Crippen LogP contribution in [0.5, 0.6) is 0 Å². The minimum atomic E-state index is -1.11. The van der Waals surface area contributed by atoms with Gasteiger partial charge in [0.15, 0.2) is 0 Å². The molecular formula is C9H15NO5. The van der Waals surface area contributed by atoms with Crippen molar-refractivity contribution in [2.75, 3.05) is 6.54 Å². The molecule has 2 N–H and O–H groups in total. The molecule has 0 rings (SSSR count). The summed E-state index contributed by atoms with van der Waals surface area (Å²) in [6.45, 7) is 2.79. The summed E-state index contributed by atoms with van der Waals surface area (Å²) in [6, 6.07) is -0.943. The van der Waals surface area contributed by atoms with Crippen molar-refractivity contribution in [3.05, 3.63) is 0 Å². The van der Waals surface area contributed by atoms with Gasteiger partial charge in [0.05, 0.1) is 6.42 Å². The van der Waals surface area contributed by atoms with Gasteiger partial charge in [0.2, 0.25) is 5.91 Å². The molecule has 0 saturated heterocycles. The second-order valence-corrected chi connectivity index (χ2v) is 3.12. The molecule has 0 saturated carbocycles. The summed E-state index contributed by atoms with van der Waals surface area (Å²) in [4.78, 5) is 33.3. The summed E-state index contributed by atoms with van der Waals surface area (Å²) in [7, 11) is 0. The van der Waals surface area contributed by atoms with Gasteiger partial charge in [0.25, 0.3) is 0 Å². The van der Waals surface area contributed by atoms with Crippen LogP contribution in [0.1, 0.15) is 26.7 Å². The van der Waals surface area contributed by atoms with E-state index in [0.29, 0.717) is 0 Å². The van der Waals surface area contributed by atoms with Crippen LogP contribution >= 0.6 is 0 Å². The fraction of sp³-hybridized carbons (Fsp3) is 0.667. The van der Waals surface area contributed by atoms with Crippen molar-refractivity contribution in [3.63, 3.8) is 0 Å². The molecule has 6 heteroatoms. The normalized spacial score (nSPS) is 11.9. The third kappa shape index (κ3) is 4.44. The zero-order chi connectivity index (χ0) is 12.0. The molecular weight excluding hydrogens is 202 g/mol. The van der Waals surface area contributed by atoms with Gasteiger partial charge >= 0.3 is 11.9 Å². The Bertz CT molecular complexity index is 263. The predicted octanol–water partition coefficient (Wildman–Crippen LogP) is 0.173. The third-order valence-electron chi connectivity index (χ3n) is 2.02. The van der Waals surface area contributed by atoms with E-state index in [9.17, 15) is 14.4 Å². The molecule has 1 unspecified atom stereocenters. The Balaban J connectivity index is 4.55. The average Bonchev–Trinajstić information content (AvgIpc) is 2.10. The summed E-state index contributed by atoms with van der Waals surface area (Å²) < 4.78 is 0. The summed E-state index contributed by atoms with van der Waals surface area (Å²) in [5.41, 5.74) is 0. The van der Waals surface area contributed by atoms with Crippen molar-refractivity contribution in [1.82, 2.24) is 4.90 Å². The van der Waals surface area contributed by atoms with Gasteiger partial charge in [-0.3, -0.25) is 9.59 Å². The molecule has 0 aliphatic heterocycles. The Morgan fingerprint density at radius 3 is 2.07 bits per heavy atom. The molecule has 0 aromatic heterocycles. The van der Waals surface area contributed by atoms with E-state index in [0.717, 1.165) is 4.90 Å². The van der Waals surface area contributed by atoms with E-state index in [1.165, 1.54) is 6.92 Å². The molecule has 0 fully saturated rings. The van der Waals surface area contributed by atoms with Crippen LogP contribution in [-0.2, 0) is 14.4 Å². The smallest absolute Gasteiger partial charge is 0.326 e. The number of carbonyl (C=O) groups is 3. The SMILES string of the molecule is CCC(C(=O)O)N(CCC(=O)O)C(C)=O. The highest BCUT2D eigenvalue weighted by molar-refractivity contribution is 5.82. The zero-order valence-electron chi connectivity index (χ0n) is 8.77. The monoisotopic (exact) mass is 217 g/mol. The third-order valence-corrected chi connectivity index (χ3v) is 2.02. The summed E-state index contributed by atoms with van der Waals surface area (Å²) in [5.74, 6) is -2.59. The molecule has 1 atom stereocenters. The molecule has 0 radical (unpaired) electrons. The molecule has 0 aromatic rings. The van der Waals surface area contributed by atoms with Crippen molar-refractivity contribution >= 4 is 17.8 Å². The van der Waals surface area contributed by atoms with Crippen molar-refractivity contribution < 1.29 is 24.6 Å².